The van der Waals surface area contributed by atoms with Crippen molar-refractivity contribution < 1.29 is 9.18 Å². The summed E-state index contributed by atoms with van der Waals surface area (Å²) in [6, 6.07) is 4.52. The van der Waals surface area contributed by atoms with Crippen LogP contribution in [0.25, 0.3) is 0 Å². The highest BCUT2D eigenvalue weighted by Gasteiger charge is 2.19. The Labute approximate surface area is 111 Å². The number of amides is 1. The van der Waals surface area contributed by atoms with Gasteiger partial charge in [-0.1, -0.05) is 12.2 Å². The first kappa shape index (κ1) is 13.0. The van der Waals surface area contributed by atoms with Crippen LogP contribution >= 0.6 is 12.2 Å². The maximum atomic E-state index is 13.7. The number of nitrogens with two attached hydrogens (primary N) is 1. The van der Waals surface area contributed by atoms with E-state index in [0.29, 0.717) is 30.6 Å². The molecule has 1 saturated heterocycles. The number of rotatable bonds is 3. The van der Waals surface area contributed by atoms with Gasteiger partial charge >= 0.3 is 0 Å². The Balaban J connectivity index is 2.19. The molecule has 1 aliphatic rings. The highest BCUT2D eigenvalue weighted by atomic mass is 32.1. The smallest absolute Gasteiger partial charge is 0.222 e. The van der Waals surface area contributed by atoms with Crippen molar-refractivity contribution in [3.05, 3.63) is 35.1 Å². The van der Waals surface area contributed by atoms with Gasteiger partial charge in [0.25, 0.3) is 0 Å². The van der Waals surface area contributed by atoms with Crippen LogP contribution in [-0.4, -0.2) is 22.3 Å². The maximum Gasteiger partial charge on any atom is 0.222 e. The van der Waals surface area contributed by atoms with Crippen molar-refractivity contribution in [3.63, 3.8) is 0 Å². The summed E-state index contributed by atoms with van der Waals surface area (Å²) >= 11 is 4.87. The largest absolute Gasteiger partial charge is 0.389 e. The minimum Gasteiger partial charge on any atom is -0.389 e. The lowest BCUT2D eigenvalue weighted by Crippen LogP contribution is -2.35. The van der Waals surface area contributed by atoms with E-state index < -0.39 is 0 Å². The molecule has 3 nitrogen and oxygen atoms in total. The van der Waals surface area contributed by atoms with Crippen molar-refractivity contribution in [2.75, 3.05) is 6.54 Å². The molecule has 1 aromatic carbocycles. The SMILES string of the molecule is NC(=S)c1ccc(F)c(CN2CCCCC2=O)c1. The molecule has 0 saturated carbocycles. The first-order chi connectivity index (χ1) is 8.58. The molecule has 0 radical (unpaired) electrons. The van der Waals surface area contributed by atoms with E-state index in [4.69, 9.17) is 18.0 Å². The third kappa shape index (κ3) is 2.85. The zero-order valence-electron chi connectivity index (χ0n) is 9.99. The number of halogens is 1. The second kappa shape index (κ2) is 5.44. The molecule has 1 aliphatic heterocycles. The van der Waals surface area contributed by atoms with Crippen LogP contribution < -0.4 is 5.73 Å². The van der Waals surface area contributed by atoms with Crippen molar-refractivity contribution >= 4 is 23.1 Å². The van der Waals surface area contributed by atoms with Gasteiger partial charge in [0.1, 0.15) is 10.8 Å². The van der Waals surface area contributed by atoms with Gasteiger partial charge in [-0.15, -0.1) is 0 Å². The molecule has 1 amide bonds. The number of piperidine rings is 1. The molecule has 2 rings (SSSR count). The van der Waals surface area contributed by atoms with Crippen LogP contribution in [0.1, 0.15) is 30.4 Å². The second-order valence-corrected chi connectivity index (χ2v) is 4.88. The summed E-state index contributed by atoms with van der Waals surface area (Å²) in [6.45, 7) is 0.983. The summed E-state index contributed by atoms with van der Waals surface area (Å²) in [4.78, 5) is 13.6. The van der Waals surface area contributed by atoms with Crippen molar-refractivity contribution in [1.82, 2.24) is 4.90 Å². The summed E-state index contributed by atoms with van der Waals surface area (Å²) in [6.07, 6.45) is 2.45. The molecule has 0 aromatic heterocycles. The van der Waals surface area contributed by atoms with E-state index in [9.17, 15) is 9.18 Å². The zero-order chi connectivity index (χ0) is 13.1. The summed E-state index contributed by atoms with van der Waals surface area (Å²) in [5, 5.41) is 0. The van der Waals surface area contributed by atoms with E-state index in [1.807, 2.05) is 0 Å². The summed E-state index contributed by atoms with van der Waals surface area (Å²) in [5.74, 6) is -0.241. The van der Waals surface area contributed by atoms with Crippen LogP contribution in [0.3, 0.4) is 0 Å². The molecular formula is C13H15FN2OS. The Hall–Kier alpha value is -1.49. The number of carbonyl (C=O) groups is 1. The Morgan fingerprint density at radius 3 is 2.89 bits per heavy atom. The molecule has 0 unspecified atom stereocenters. The zero-order valence-corrected chi connectivity index (χ0v) is 10.8. The molecule has 96 valence electrons. The standard InChI is InChI=1S/C13H15FN2OS/c14-11-5-4-9(13(15)18)7-10(11)8-16-6-2-1-3-12(16)17/h4-5,7H,1-3,6,8H2,(H2,15,18). The number of nitrogens with zero attached hydrogens (tertiary/aromatic N) is 1. The van der Waals surface area contributed by atoms with Crippen molar-refractivity contribution in [1.29, 1.82) is 0 Å². The van der Waals surface area contributed by atoms with Crippen LogP contribution in [0.15, 0.2) is 18.2 Å². The topological polar surface area (TPSA) is 46.3 Å². The van der Waals surface area contributed by atoms with E-state index >= 15 is 0 Å². The fraction of sp³-hybridized carbons (Fsp3) is 0.385. The molecule has 1 fully saturated rings. The Morgan fingerprint density at radius 2 is 2.22 bits per heavy atom. The van der Waals surface area contributed by atoms with E-state index in [2.05, 4.69) is 0 Å². The number of thiocarbonyl (C=S) groups is 1. The van der Waals surface area contributed by atoms with E-state index in [1.165, 1.54) is 6.07 Å². The summed E-state index contributed by atoms with van der Waals surface area (Å²) in [5.41, 5.74) is 6.62. The molecule has 0 atom stereocenters. The number of likely N-dealkylation sites (tertiary alicyclic amines) is 1. The van der Waals surface area contributed by atoms with Crippen LogP contribution in [0.2, 0.25) is 0 Å². The maximum absolute atomic E-state index is 13.7. The molecule has 0 aliphatic carbocycles. The van der Waals surface area contributed by atoms with Gasteiger partial charge in [-0.05, 0) is 31.0 Å². The molecule has 18 heavy (non-hydrogen) atoms. The van der Waals surface area contributed by atoms with Crippen molar-refractivity contribution in [3.8, 4) is 0 Å². The van der Waals surface area contributed by atoms with Gasteiger partial charge < -0.3 is 10.6 Å². The lowest BCUT2D eigenvalue weighted by atomic mass is 10.1. The minimum atomic E-state index is -0.326. The average Bonchev–Trinajstić information content (AvgIpc) is 2.34. The van der Waals surface area contributed by atoms with Gasteiger partial charge in [-0.25, -0.2) is 4.39 Å². The highest BCUT2D eigenvalue weighted by molar-refractivity contribution is 7.80. The van der Waals surface area contributed by atoms with Gasteiger partial charge in [0.15, 0.2) is 0 Å². The molecule has 2 N–H and O–H groups in total. The first-order valence-electron chi connectivity index (χ1n) is 5.94. The fourth-order valence-electron chi connectivity index (χ4n) is 2.08. The van der Waals surface area contributed by atoms with E-state index in [0.717, 1.165) is 12.8 Å². The second-order valence-electron chi connectivity index (χ2n) is 4.44. The summed E-state index contributed by atoms with van der Waals surface area (Å²) < 4.78 is 13.7. The molecular weight excluding hydrogens is 251 g/mol. The highest BCUT2D eigenvalue weighted by Crippen LogP contribution is 2.17. The van der Waals surface area contributed by atoms with Crippen LogP contribution in [0, 0.1) is 5.82 Å². The van der Waals surface area contributed by atoms with Gasteiger partial charge in [0, 0.05) is 30.6 Å². The van der Waals surface area contributed by atoms with Gasteiger partial charge in [-0.2, -0.15) is 0 Å². The number of hydrogen-bond donors (Lipinski definition) is 1. The van der Waals surface area contributed by atoms with Crippen LogP contribution in [0.5, 0.6) is 0 Å². The summed E-state index contributed by atoms with van der Waals surface area (Å²) in [7, 11) is 0. The van der Waals surface area contributed by atoms with E-state index in [-0.39, 0.29) is 16.7 Å². The predicted octanol–water partition coefficient (Wildman–Crippen LogP) is 1.97. The van der Waals surface area contributed by atoms with Gasteiger partial charge in [0.2, 0.25) is 5.91 Å². The molecule has 0 bridgehead atoms. The van der Waals surface area contributed by atoms with Crippen molar-refractivity contribution in [2.45, 2.75) is 25.8 Å². The molecule has 1 heterocycles. The Bertz CT molecular complexity index is 490. The monoisotopic (exact) mass is 266 g/mol. The first-order valence-corrected chi connectivity index (χ1v) is 6.35. The van der Waals surface area contributed by atoms with Gasteiger partial charge in [0.05, 0.1) is 0 Å². The number of carbonyl (C=O) groups excluding carboxylic acids is 1. The average molecular weight is 266 g/mol. The quantitative estimate of drug-likeness (QED) is 0.851. The minimum absolute atomic E-state index is 0.0846. The molecule has 0 spiro atoms. The fourth-order valence-corrected chi connectivity index (χ4v) is 2.21. The van der Waals surface area contributed by atoms with Crippen LogP contribution in [-0.2, 0) is 11.3 Å². The van der Waals surface area contributed by atoms with Crippen LogP contribution in [0.4, 0.5) is 4.39 Å². The van der Waals surface area contributed by atoms with Crippen molar-refractivity contribution in [2.24, 2.45) is 5.73 Å². The van der Waals surface area contributed by atoms with E-state index in [1.54, 1.807) is 17.0 Å². The molecule has 5 heteroatoms. The number of hydrogen-bond acceptors (Lipinski definition) is 2. The lowest BCUT2D eigenvalue weighted by molar-refractivity contribution is -0.133. The predicted molar refractivity (Wildman–Crippen MR) is 71.6 cm³/mol. The molecule has 1 aromatic rings. The third-order valence-corrected chi connectivity index (χ3v) is 3.35. The third-order valence-electron chi connectivity index (χ3n) is 3.11. The Kier molecular flexibility index (Phi) is 3.91. The Morgan fingerprint density at radius 1 is 1.44 bits per heavy atom. The normalized spacial score (nSPS) is 15.8. The number of benzene rings is 1. The van der Waals surface area contributed by atoms with Gasteiger partial charge in [-0.3, -0.25) is 4.79 Å². The lowest BCUT2D eigenvalue weighted by Gasteiger charge is -2.27.